The van der Waals surface area contributed by atoms with Gasteiger partial charge in [0.05, 0.1) is 25.5 Å². The van der Waals surface area contributed by atoms with Gasteiger partial charge in [0.15, 0.2) is 17.1 Å². The number of nitrogens with zero attached hydrogens (tertiary/aromatic N) is 4. The minimum Gasteiger partial charge on any atom is -0.493 e. The van der Waals surface area contributed by atoms with E-state index < -0.39 is 0 Å². The largest absolute Gasteiger partial charge is 0.493 e. The van der Waals surface area contributed by atoms with Crippen LogP contribution in [0.25, 0.3) is 11.2 Å². The molecule has 1 aliphatic rings. The maximum Gasteiger partial charge on any atom is 0.164 e. The van der Waals surface area contributed by atoms with Gasteiger partial charge >= 0.3 is 0 Å². The summed E-state index contributed by atoms with van der Waals surface area (Å²) in [6.45, 7) is 6.59. The quantitative estimate of drug-likeness (QED) is 0.679. The van der Waals surface area contributed by atoms with Crippen LogP contribution in [0.15, 0.2) is 18.2 Å². The van der Waals surface area contributed by atoms with Crippen LogP contribution in [0.5, 0.6) is 11.5 Å². The molecule has 0 atom stereocenters. The first-order chi connectivity index (χ1) is 13.0. The van der Waals surface area contributed by atoms with E-state index in [1.54, 1.807) is 7.11 Å². The van der Waals surface area contributed by atoms with Crippen LogP contribution in [0.2, 0.25) is 0 Å². The minimum atomic E-state index is 0.294. The average molecular weight is 366 g/mol. The molecule has 0 amide bonds. The Labute approximate surface area is 159 Å². The molecule has 0 saturated heterocycles. The van der Waals surface area contributed by atoms with Crippen molar-refractivity contribution in [1.29, 1.82) is 0 Å². The Bertz CT molecular complexity index is 974. The number of rotatable bonds is 5. The number of aromatic nitrogens is 4. The molecule has 3 aromatic rings. The molecule has 0 aliphatic heterocycles. The predicted molar refractivity (Wildman–Crippen MR) is 105 cm³/mol. The van der Waals surface area contributed by atoms with Crippen LogP contribution in [0.1, 0.15) is 48.6 Å². The molecule has 2 aromatic heterocycles. The SMILES string of the molecule is COc1ccc(Cn2c(C)nc3c(C)nc(C)nc32)cc1OC1CCCC1. The van der Waals surface area contributed by atoms with Crippen LogP contribution < -0.4 is 9.47 Å². The van der Waals surface area contributed by atoms with Crippen molar-refractivity contribution in [3.05, 3.63) is 41.1 Å². The maximum atomic E-state index is 6.24. The lowest BCUT2D eigenvalue weighted by Gasteiger charge is -2.17. The Morgan fingerprint density at radius 2 is 1.81 bits per heavy atom. The summed E-state index contributed by atoms with van der Waals surface area (Å²) in [7, 11) is 1.69. The van der Waals surface area contributed by atoms with Crippen molar-refractivity contribution in [3.8, 4) is 11.5 Å². The van der Waals surface area contributed by atoms with E-state index in [-0.39, 0.29) is 0 Å². The smallest absolute Gasteiger partial charge is 0.164 e. The van der Waals surface area contributed by atoms with E-state index in [4.69, 9.17) is 9.47 Å². The first-order valence-electron chi connectivity index (χ1n) is 9.57. The van der Waals surface area contributed by atoms with Crippen LogP contribution >= 0.6 is 0 Å². The lowest BCUT2D eigenvalue weighted by atomic mass is 10.2. The Kier molecular flexibility index (Phi) is 4.72. The van der Waals surface area contributed by atoms with Gasteiger partial charge in [-0.05, 0) is 64.2 Å². The standard InChI is InChI=1S/C21H26N4O2/c1-13-20-21(23-14(2)22-13)25(15(3)24-20)12-16-9-10-18(26-4)19(11-16)27-17-7-5-6-8-17/h9-11,17H,5-8,12H2,1-4H3. The summed E-state index contributed by atoms with van der Waals surface area (Å²) < 4.78 is 13.9. The van der Waals surface area contributed by atoms with Crippen molar-refractivity contribution in [2.75, 3.05) is 7.11 Å². The molecule has 142 valence electrons. The Hall–Kier alpha value is -2.63. The molecule has 1 saturated carbocycles. The zero-order valence-corrected chi connectivity index (χ0v) is 16.5. The van der Waals surface area contributed by atoms with Crippen LogP contribution in [-0.4, -0.2) is 32.7 Å². The van der Waals surface area contributed by atoms with Crippen molar-refractivity contribution in [2.24, 2.45) is 0 Å². The number of fused-ring (bicyclic) bond motifs is 1. The maximum absolute atomic E-state index is 6.24. The lowest BCUT2D eigenvalue weighted by Crippen LogP contribution is -2.12. The van der Waals surface area contributed by atoms with Gasteiger partial charge in [0.25, 0.3) is 0 Å². The molecular weight excluding hydrogens is 340 g/mol. The van der Waals surface area contributed by atoms with Gasteiger partial charge in [0.2, 0.25) is 0 Å². The number of hydrogen-bond acceptors (Lipinski definition) is 5. The van der Waals surface area contributed by atoms with Gasteiger partial charge in [0.1, 0.15) is 17.2 Å². The third kappa shape index (κ3) is 3.48. The molecule has 0 N–H and O–H groups in total. The average Bonchev–Trinajstić information content (AvgIpc) is 3.25. The van der Waals surface area contributed by atoms with Gasteiger partial charge < -0.3 is 14.0 Å². The fourth-order valence-corrected chi connectivity index (χ4v) is 3.85. The molecule has 6 heteroatoms. The molecular formula is C21H26N4O2. The number of ether oxygens (including phenoxy) is 2. The monoisotopic (exact) mass is 366 g/mol. The molecule has 0 bridgehead atoms. The molecule has 6 nitrogen and oxygen atoms in total. The van der Waals surface area contributed by atoms with Gasteiger partial charge in [-0.2, -0.15) is 0 Å². The first-order valence-corrected chi connectivity index (χ1v) is 9.57. The van der Waals surface area contributed by atoms with E-state index in [0.717, 1.165) is 58.4 Å². The summed E-state index contributed by atoms with van der Waals surface area (Å²) in [6.07, 6.45) is 5.02. The van der Waals surface area contributed by atoms with Crippen LogP contribution in [0, 0.1) is 20.8 Å². The third-order valence-corrected chi connectivity index (χ3v) is 5.24. The second-order valence-corrected chi connectivity index (χ2v) is 7.28. The van der Waals surface area contributed by atoms with E-state index in [9.17, 15) is 0 Å². The van der Waals surface area contributed by atoms with Crippen LogP contribution in [-0.2, 0) is 6.54 Å². The topological polar surface area (TPSA) is 62.1 Å². The molecule has 1 fully saturated rings. The molecule has 1 aromatic carbocycles. The lowest BCUT2D eigenvalue weighted by molar-refractivity contribution is 0.200. The van der Waals surface area contributed by atoms with Crippen molar-refractivity contribution in [2.45, 2.75) is 59.1 Å². The van der Waals surface area contributed by atoms with E-state index in [1.807, 2.05) is 26.8 Å². The Morgan fingerprint density at radius 3 is 2.56 bits per heavy atom. The predicted octanol–water partition coefficient (Wildman–Crippen LogP) is 4.13. The van der Waals surface area contributed by atoms with Crippen LogP contribution in [0.3, 0.4) is 0 Å². The van der Waals surface area contributed by atoms with E-state index in [1.165, 1.54) is 12.8 Å². The van der Waals surface area contributed by atoms with Gasteiger partial charge in [-0.1, -0.05) is 6.07 Å². The number of methoxy groups -OCH3 is 1. The Balaban J connectivity index is 1.68. The van der Waals surface area contributed by atoms with E-state index >= 15 is 0 Å². The molecule has 1 aliphatic carbocycles. The third-order valence-electron chi connectivity index (χ3n) is 5.24. The molecule has 0 unspecified atom stereocenters. The molecule has 0 spiro atoms. The molecule has 2 heterocycles. The second kappa shape index (κ2) is 7.18. The van der Waals surface area contributed by atoms with Crippen molar-refractivity contribution in [3.63, 3.8) is 0 Å². The highest BCUT2D eigenvalue weighted by atomic mass is 16.5. The molecule has 0 radical (unpaired) electrons. The highest BCUT2D eigenvalue weighted by Crippen LogP contribution is 2.33. The summed E-state index contributed by atoms with van der Waals surface area (Å²) in [4.78, 5) is 13.7. The summed E-state index contributed by atoms with van der Waals surface area (Å²) in [6, 6.07) is 6.15. The number of benzene rings is 1. The van der Waals surface area contributed by atoms with E-state index in [2.05, 4.69) is 31.7 Å². The first kappa shape index (κ1) is 17.8. The number of hydrogen-bond donors (Lipinski definition) is 0. The summed E-state index contributed by atoms with van der Waals surface area (Å²) in [5.74, 6) is 3.31. The number of imidazole rings is 1. The van der Waals surface area contributed by atoms with Crippen molar-refractivity contribution >= 4 is 11.2 Å². The highest BCUT2D eigenvalue weighted by molar-refractivity contribution is 5.74. The normalized spacial score (nSPS) is 14.8. The van der Waals surface area contributed by atoms with Gasteiger partial charge in [-0.3, -0.25) is 0 Å². The van der Waals surface area contributed by atoms with Gasteiger partial charge in [0, 0.05) is 0 Å². The summed E-state index contributed by atoms with van der Waals surface area (Å²) in [5.41, 5.74) is 3.81. The molecule has 4 rings (SSSR count). The number of aryl methyl sites for hydroxylation is 3. The second-order valence-electron chi connectivity index (χ2n) is 7.28. The van der Waals surface area contributed by atoms with Gasteiger partial charge in [-0.25, -0.2) is 15.0 Å². The zero-order valence-electron chi connectivity index (χ0n) is 16.5. The Morgan fingerprint density at radius 1 is 1.04 bits per heavy atom. The van der Waals surface area contributed by atoms with E-state index in [0.29, 0.717) is 12.6 Å². The molecule has 27 heavy (non-hydrogen) atoms. The summed E-state index contributed by atoms with van der Waals surface area (Å²) in [5, 5.41) is 0. The highest BCUT2D eigenvalue weighted by Gasteiger charge is 2.19. The fourth-order valence-electron chi connectivity index (χ4n) is 3.85. The minimum absolute atomic E-state index is 0.294. The van der Waals surface area contributed by atoms with Crippen LogP contribution in [0.4, 0.5) is 0 Å². The van der Waals surface area contributed by atoms with Crippen molar-refractivity contribution in [1.82, 2.24) is 19.5 Å². The zero-order chi connectivity index (χ0) is 19.0. The van der Waals surface area contributed by atoms with Crippen molar-refractivity contribution < 1.29 is 9.47 Å². The fraction of sp³-hybridized carbons (Fsp3) is 0.476. The summed E-state index contributed by atoms with van der Waals surface area (Å²) >= 11 is 0. The van der Waals surface area contributed by atoms with Gasteiger partial charge in [-0.15, -0.1) is 0 Å².